The monoisotopic (exact) mass is 291 g/mol. The predicted octanol–water partition coefficient (Wildman–Crippen LogP) is 0.712. The zero-order valence-corrected chi connectivity index (χ0v) is 12.6. The number of carbonyl (C=O) groups excluding carboxylic acids is 1. The average Bonchev–Trinajstić information content (AvgIpc) is 3.14. The molecule has 0 spiro atoms. The van der Waals surface area contributed by atoms with Gasteiger partial charge >= 0.3 is 0 Å². The van der Waals surface area contributed by atoms with Crippen molar-refractivity contribution < 1.29 is 4.79 Å². The van der Waals surface area contributed by atoms with E-state index in [0.717, 1.165) is 44.9 Å². The molecule has 2 rings (SSSR count). The second-order valence-electron chi connectivity index (χ2n) is 5.29. The molecular formula is C15H25N5O. The van der Waals surface area contributed by atoms with Crippen LogP contribution in [-0.4, -0.2) is 42.6 Å². The Balaban J connectivity index is 1.51. The second-order valence-corrected chi connectivity index (χ2v) is 5.29. The van der Waals surface area contributed by atoms with Gasteiger partial charge in [-0.1, -0.05) is 0 Å². The number of carbonyl (C=O) groups is 1. The zero-order valence-electron chi connectivity index (χ0n) is 12.6. The van der Waals surface area contributed by atoms with E-state index in [1.54, 1.807) is 7.05 Å². The Hall–Kier alpha value is -1.98. The molecule has 0 unspecified atom stereocenters. The number of rotatable bonds is 8. The second kappa shape index (κ2) is 8.34. The van der Waals surface area contributed by atoms with Gasteiger partial charge in [0.05, 0.1) is 0 Å². The van der Waals surface area contributed by atoms with Crippen LogP contribution in [0.25, 0.3) is 0 Å². The van der Waals surface area contributed by atoms with Crippen molar-refractivity contribution >= 4 is 11.9 Å². The maximum Gasteiger partial charge on any atom is 0.220 e. The smallest absolute Gasteiger partial charge is 0.220 e. The first-order valence-corrected chi connectivity index (χ1v) is 7.62. The van der Waals surface area contributed by atoms with Gasteiger partial charge in [0.25, 0.3) is 0 Å². The minimum absolute atomic E-state index is 0.162. The molecule has 1 heterocycles. The first-order chi connectivity index (χ1) is 10.3. The Kier molecular flexibility index (Phi) is 6.12. The van der Waals surface area contributed by atoms with Crippen LogP contribution in [0.15, 0.2) is 29.5 Å². The first-order valence-electron chi connectivity index (χ1n) is 7.62. The number of hydrogen-bond acceptors (Lipinski definition) is 2. The fraction of sp³-hybridized carbons (Fsp3) is 0.600. The van der Waals surface area contributed by atoms with E-state index >= 15 is 0 Å². The van der Waals surface area contributed by atoms with E-state index in [-0.39, 0.29) is 5.91 Å². The molecule has 1 aromatic rings. The fourth-order valence-electron chi connectivity index (χ4n) is 2.03. The van der Waals surface area contributed by atoms with Crippen LogP contribution >= 0.6 is 0 Å². The molecule has 1 fully saturated rings. The first kappa shape index (κ1) is 15.4. The Morgan fingerprint density at radius 3 is 2.62 bits per heavy atom. The van der Waals surface area contributed by atoms with Crippen molar-refractivity contribution in [2.24, 2.45) is 4.99 Å². The standard InChI is InChI=1S/C15H25N5O/c1-16-15(18-9-12-20-10-2-3-11-20)17-8-4-5-14(21)19-13-6-7-13/h2-3,10-11,13H,4-9,12H2,1H3,(H,19,21)(H2,16,17,18). The largest absolute Gasteiger partial charge is 0.356 e. The van der Waals surface area contributed by atoms with E-state index in [1.807, 2.05) is 24.5 Å². The van der Waals surface area contributed by atoms with Gasteiger partial charge in [-0.05, 0) is 31.4 Å². The third kappa shape index (κ3) is 6.33. The van der Waals surface area contributed by atoms with Crippen LogP contribution < -0.4 is 16.0 Å². The Bertz CT molecular complexity index is 451. The minimum atomic E-state index is 0.162. The lowest BCUT2D eigenvalue weighted by molar-refractivity contribution is -0.121. The van der Waals surface area contributed by atoms with Gasteiger partial charge < -0.3 is 20.5 Å². The van der Waals surface area contributed by atoms with E-state index in [2.05, 4.69) is 25.5 Å². The van der Waals surface area contributed by atoms with Gasteiger partial charge in [0.15, 0.2) is 5.96 Å². The maximum absolute atomic E-state index is 11.5. The summed E-state index contributed by atoms with van der Waals surface area (Å²) >= 11 is 0. The van der Waals surface area contributed by atoms with Gasteiger partial charge in [-0.15, -0.1) is 0 Å². The lowest BCUT2D eigenvalue weighted by atomic mass is 10.3. The summed E-state index contributed by atoms with van der Waals surface area (Å²) in [5.41, 5.74) is 0. The van der Waals surface area contributed by atoms with E-state index < -0.39 is 0 Å². The number of aliphatic imine (C=N–C) groups is 1. The third-order valence-corrected chi connectivity index (χ3v) is 3.37. The highest BCUT2D eigenvalue weighted by Crippen LogP contribution is 2.18. The van der Waals surface area contributed by atoms with Crippen LogP contribution in [0, 0.1) is 0 Å². The van der Waals surface area contributed by atoms with E-state index in [1.165, 1.54) is 0 Å². The van der Waals surface area contributed by atoms with Gasteiger partial charge in [0.1, 0.15) is 0 Å². The topological polar surface area (TPSA) is 70.4 Å². The highest BCUT2D eigenvalue weighted by Gasteiger charge is 2.22. The lowest BCUT2D eigenvalue weighted by Crippen LogP contribution is -2.39. The summed E-state index contributed by atoms with van der Waals surface area (Å²) in [6.45, 7) is 2.47. The fourth-order valence-corrected chi connectivity index (χ4v) is 2.03. The van der Waals surface area contributed by atoms with Crippen LogP contribution in [0.1, 0.15) is 25.7 Å². The SMILES string of the molecule is CN=C(NCCCC(=O)NC1CC1)NCCn1cccc1. The van der Waals surface area contributed by atoms with Crippen LogP contribution in [-0.2, 0) is 11.3 Å². The van der Waals surface area contributed by atoms with Crippen molar-refractivity contribution in [3.05, 3.63) is 24.5 Å². The van der Waals surface area contributed by atoms with Crippen molar-refractivity contribution in [1.82, 2.24) is 20.5 Å². The molecule has 6 nitrogen and oxygen atoms in total. The van der Waals surface area contributed by atoms with Crippen LogP contribution in [0.4, 0.5) is 0 Å². The molecule has 1 aromatic heterocycles. The summed E-state index contributed by atoms with van der Waals surface area (Å²) < 4.78 is 2.11. The summed E-state index contributed by atoms with van der Waals surface area (Å²) in [5, 5.41) is 9.47. The normalized spacial score (nSPS) is 14.8. The quantitative estimate of drug-likeness (QED) is 0.375. The Morgan fingerprint density at radius 1 is 1.24 bits per heavy atom. The molecule has 0 aliphatic heterocycles. The van der Waals surface area contributed by atoms with Crippen molar-refractivity contribution in [1.29, 1.82) is 0 Å². The number of nitrogens with zero attached hydrogens (tertiary/aromatic N) is 2. The van der Waals surface area contributed by atoms with Crippen LogP contribution in [0.3, 0.4) is 0 Å². The molecule has 1 aliphatic rings. The van der Waals surface area contributed by atoms with Crippen molar-refractivity contribution in [2.45, 2.75) is 38.3 Å². The number of amides is 1. The molecular weight excluding hydrogens is 266 g/mol. The molecule has 1 amide bonds. The highest BCUT2D eigenvalue weighted by molar-refractivity contribution is 5.79. The highest BCUT2D eigenvalue weighted by atomic mass is 16.1. The number of hydrogen-bond donors (Lipinski definition) is 3. The number of aromatic nitrogens is 1. The molecule has 116 valence electrons. The van der Waals surface area contributed by atoms with Gasteiger partial charge in [0.2, 0.25) is 5.91 Å². The molecule has 0 saturated heterocycles. The van der Waals surface area contributed by atoms with Crippen molar-refractivity contribution in [3.63, 3.8) is 0 Å². The van der Waals surface area contributed by atoms with Gasteiger partial charge in [-0.2, -0.15) is 0 Å². The lowest BCUT2D eigenvalue weighted by Gasteiger charge is -2.12. The van der Waals surface area contributed by atoms with Gasteiger partial charge in [-0.25, -0.2) is 0 Å². The van der Waals surface area contributed by atoms with Crippen molar-refractivity contribution in [2.75, 3.05) is 20.1 Å². The summed E-state index contributed by atoms with van der Waals surface area (Å²) in [7, 11) is 1.75. The average molecular weight is 291 g/mol. The van der Waals surface area contributed by atoms with Crippen LogP contribution in [0.2, 0.25) is 0 Å². The summed E-state index contributed by atoms with van der Waals surface area (Å²) in [6.07, 6.45) is 7.75. The molecule has 1 aliphatic carbocycles. The van der Waals surface area contributed by atoms with E-state index in [0.29, 0.717) is 12.5 Å². The molecule has 0 aromatic carbocycles. The summed E-state index contributed by atoms with van der Waals surface area (Å²) in [4.78, 5) is 15.7. The number of nitrogens with one attached hydrogen (secondary N) is 3. The predicted molar refractivity (Wildman–Crippen MR) is 84.2 cm³/mol. The molecule has 21 heavy (non-hydrogen) atoms. The van der Waals surface area contributed by atoms with Gasteiger partial charge in [-0.3, -0.25) is 9.79 Å². The molecule has 0 bridgehead atoms. The Labute approximate surface area is 126 Å². The minimum Gasteiger partial charge on any atom is -0.356 e. The molecule has 3 N–H and O–H groups in total. The van der Waals surface area contributed by atoms with Gasteiger partial charge in [0, 0.05) is 51.5 Å². The molecule has 0 radical (unpaired) electrons. The summed E-state index contributed by atoms with van der Waals surface area (Å²) in [5.74, 6) is 0.944. The zero-order chi connectivity index (χ0) is 14.9. The molecule has 1 saturated carbocycles. The Morgan fingerprint density at radius 2 is 1.95 bits per heavy atom. The van der Waals surface area contributed by atoms with Crippen LogP contribution in [0.5, 0.6) is 0 Å². The molecule has 6 heteroatoms. The molecule has 0 atom stereocenters. The summed E-state index contributed by atoms with van der Waals surface area (Å²) in [6, 6.07) is 4.48. The maximum atomic E-state index is 11.5. The third-order valence-electron chi connectivity index (χ3n) is 3.37. The van der Waals surface area contributed by atoms with E-state index in [9.17, 15) is 4.79 Å². The van der Waals surface area contributed by atoms with Crippen molar-refractivity contribution in [3.8, 4) is 0 Å². The van der Waals surface area contributed by atoms with E-state index in [4.69, 9.17) is 0 Å². The number of guanidine groups is 1.